The van der Waals surface area contributed by atoms with Gasteiger partial charge in [0.1, 0.15) is 6.04 Å². The van der Waals surface area contributed by atoms with Gasteiger partial charge in [0, 0.05) is 40.3 Å². The van der Waals surface area contributed by atoms with E-state index in [-0.39, 0.29) is 18.1 Å². The van der Waals surface area contributed by atoms with Gasteiger partial charge in [-0.2, -0.15) is 0 Å². The number of carbonyl (C=O) groups is 1. The van der Waals surface area contributed by atoms with Gasteiger partial charge in [-0.25, -0.2) is 0 Å². The first-order valence-electron chi connectivity index (χ1n) is 6.30. The summed E-state index contributed by atoms with van der Waals surface area (Å²) in [5, 5.41) is 3.27. The first-order chi connectivity index (χ1) is 8.02. The van der Waals surface area contributed by atoms with Crippen LogP contribution in [-0.4, -0.2) is 74.7 Å². The molecule has 0 aliphatic carbocycles. The Bertz CT molecular complexity index is 244. The third kappa shape index (κ3) is 4.61. The molecule has 0 saturated carbocycles. The van der Waals surface area contributed by atoms with E-state index in [4.69, 9.17) is 4.74 Å². The Balaban J connectivity index is 2.45. The van der Waals surface area contributed by atoms with Gasteiger partial charge in [0.2, 0.25) is 5.91 Å². The summed E-state index contributed by atoms with van der Waals surface area (Å²) < 4.78 is 5.55. The maximum Gasteiger partial charge on any atom is 0.240 e. The molecule has 1 amide bonds. The van der Waals surface area contributed by atoms with E-state index >= 15 is 0 Å². The number of hydrogen-bond donors (Lipinski definition) is 1. The van der Waals surface area contributed by atoms with E-state index in [1.54, 1.807) is 19.0 Å². The van der Waals surface area contributed by atoms with Crippen LogP contribution in [0.15, 0.2) is 0 Å². The summed E-state index contributed by atoms with van der Waals surface area (Å²) in [6, 6.07) is -0.0467. The molecule has 0 radical (unpaired) electrons. The largest absolute Gasteiger partial charge is 0.377 e. The second-order valence-corrected chi connectivity index (χ2v) is 4.91. The molecule has 1 aliphatic heterocycles. The second kappa shape index (κ2) is 6.93. The molecule has 1 aliphatic rings. The summed E-state index contributed by atoms with van der Waals surface area (Å²) in [6.45, 7) is 8.16. The van der Waals surface area contributed by atoms with Crippen molar-refractivity contribution in [2.75, 3.05) is 46.9 Å². The van der Waals surface area contributed by atoms with Crippen molar-refractivity contribution in [1.82, 2.24) is 15.1 Å². The Hall–Kier alpha value is -0.650. The highest BCUT2D eigenvalue weighted by molar-refractivity contribution is 5.81. The number of amides is 1. The predicted molar refractivity (Wildman–Crippen MR) is 68.0 cm³/mol. The highest BCUT2D eigenvalue weighted by Crippen LogP contribution is 2.06. The van der Waals surface area contributed by atoms with Crippen molar-refractivity contribution in [3.63, 3.8) is 0 Å². The molecule has 1 unspecified atom stereocenters. The zero-order chi connectivity index (χ0) is 12.8. The average molecular weight is 243 g/mol. The van der Waals surface area contributed by atoms with E-state index in [1.165, 1.54) is 0 Å². The fourth-order valence-electron chi connectivity index (χ4n) is 1.96. The summed E-state index contributed by atoms with van der Waals surface area (Å²) in [5.41, 5.74) is 0. The second-order valence-electron chi connectivity index (χ2n) is 4.91. The monoisotopic (exact) mass is 243 g/mol. The van der Waals surface area contributed by atoms with E-state index in [0.717, 1.165) is 26.2 Å². The van der Waals surface area contributed by atoms with E-state index in [0.29, 0.717) is 6.61 Å². The quantitative estimate of drug-likeness (QED) is 0.725. The van der Waals surface area contributed by atoms with E-state index in [2.05, 4.69) is 10.2 Å². The van der Waals surface area contributed by atoms with Crippen LogP contribution in [0, 0.1) is 0 Å². The van der Waals surface area contributed by atoms with Crippen LogP contribution in [0.5, 0.6) is 0 Å². The molecule has 1 fully saturated rings. The molecular weight excluding hydrogens is 218 g/mol. The predicted octanol–water partition coefficient (Wildman–Crippen LogP) is -0.227. The summed E-state index contributed by atoms with van der Waals surface area (Å²) >= 11 is 0. The van der Waals surface area contributed by atoms with Crippen molar-refractivity contribution in [1.29, 1.82) is 0 Å². The maximum atomic E-state index is 12.0. The lowest BCUT2D eigenvalue weighted by atomic mass is 10.1. The highest BCUT2D eigenvalue weighted by atomic mass is 16.5. The number of nitrogens with zero attached hydrogens (tertiary/aromatic N) is 2. The van der Waals surface area contributed by atoms with E-state index in [1.807, 2.05) is 13.8 Å². The van der Waals surface area contributed by atoms with Gasteiger partial charge in [-0.05, 0) is 13.8 Å². The zero-order valence-corrected chi connectivity index (χ0v) is 11.4. The highest BCUT2D eigenvalue weighted by Gasteiger charge is 2.29. The molecule has 1 N–H and O–H groups in total. The first-order valence-corrected chi connectivity index (χ1v) is 6.30. The first kappa shape index (κ1) is 14.4. The molecule has 0 aromatic heterocycles. The molecule has 5 nitrogen and oxygen atoms in total. The van der Waals surface area contributed by atoms with Gasteiger partial charge < -0.3 is 15.0 Å². The molecule has 1 saturated heterocycles. The standard InChI is InChI=1S/C12H25N3O2/c1-10(2)17-8-7-15-6-5-13-9-11(15)12(16)14(3)4/h10-11,13H,5-9H2,1-4H3. The van der Waals surface area contributed by atoms with Crippen LogP contribution in [-0.2, 0) is 9.53 Å². The van der Waals surface area contributed by atoms with Gasteiger partial charge in [-0.3, -0.25) is 9.69 Å². The van der Waals surface area contributed by atoms with Crippen LogP contribution in [0.25, 0.3) is 0 Å². The minimum absolute atomic E-state index is 0.0467. The van der Waals surface area contributed by atoms with Crippen LogP contribution in [0.3, 0.4) is 0 Å². The molecule has 17 heavy (non-hydrogen) atoms. The Kier molecular flexibility index (Phi) is 5.88. The van der Waals surface area contributed by atoms with Gasteiger partial charge in [0.15, 0.2) is 0 Å². The average Bonchev–Trinajstić information content (AvgIpc) is 2.28. The van der Waals surface area contributed by atoms with Gasteiger partial charge in [0.05, 0.1) is 12.7 Å². The molecule has 100 valence electrons. The van der Waals surface area contributed by atoms with Crippen molar-refractivity contribution in [2.45, 2.75) is 26.0 Å². The summed E-state index contributed by atoms with van der Waals surface area (Å²) in [6.07, 6.45) is 0.251. The molecule has 0 aromatic carbocycles. The summed E-state index contributed by atoms with van der Waals surface area (Å²) in [4.78, 5) is 15.9. The number of hydrogen-bond acceptors (Lipinski definition) is 4. The van der Waals surface area contributed by atoms with Gasteiger partial charge >= 0.3 is 0 Å². The fourth-order valence-corrected chi connectivity index (χ4v) is 1.96. The van der Waals surface area contributed by atoms with Gasteiger partial charge in [0.25, 0.3) is 0 Å². The van der Waals surface area contributed by atoms with Crippen LogP contribution in [0.4, 0.5) is 0 Å². The number of likely N-dealkylation sites (N-methyl/N-ethyl adjacent to an activating group) is 1. The van der Waals surface area contributed by atoms with Crippen LogP contribution in [0.1, 0.15) is 13.8 Å². The van der Waals surface area contributed by atoms with Crippen molar-refractivity contribution in [2.24, 2.45) is 0 Å². The molecule has 1 heterocycles. The van der Waals surface area contributed by atoms with Crippen LogP contribution in [0.2, 0.25) is 0 Å². The number of nitrogens with one attached hydrogen (secondary N) is 1. The number of carbonyl (C=O) groups excluding carboxylic acids is 1. The third-order valence-electron chi connectivity index (χ3n) is 2.91. The Morgan fingerprint density at radius 3 is 2.82 bits per heavy atom. The smallest absolute Gasteiger partial charge is 0.240 e. The van der Waals surface area contributed by atoms with Crippen LogP contribution < -0.4 is 5.32 Å². The molecule has 1 rings (SSSR count). The topological polar surface area (TPSA) is 44.8 Å². The SMILES string of the molecule is CC(C)OCCN1CCNCC1C(=O)N(C)C. The lowest BCUT2D eigenvalue weighted by molar-refractivity contribution is -0.135. The Morgan fingerprint density at radius 2 is 2.24 bits per heavy atom. The van der Waals surface area contributed by atoms with Crippen molar-refractivity contribution in [3.8, 4) is 0 Å². The van der Waals surface area contributed by atoms with Crippen molar-refractivity contribution in [3.05, 3.63) is 0 Å². The minimum Gasteiger partial charge on any atom is -0.377 e. The van der Waals surface area contributed by atoms with E-state index < -0.39 is 0 Å². The number of rotatable bonds is 5. The van der Waals surface area contributed by atoms with Gasteiger partial charge in [-0.1, -0.05) is 0 Å². The fraction of sp³-hybridized carbons (Fsp3) is 0.917. The zero-order valence-electron chi connectivity index (χ0n) is 11.4. The molecular formula is C12H25N3O2. The van der Waals surface area contributed by atoms with Crippen LogP contribution >= 0.6 is 0 Å². The lowest BCUT2D eigenvalue weighted by Gasteiger charge is -2.36. The Labute approximate surface area is 104 Å². The molecule has 0 spiro atoms. The lowest BCUT2D eigenvalue weighted by Crippen LogP contribution is -2.58. The van der Waals surface area contributed by atoms with Crippen molar-refractivity contribution < 1.29 is 9.53 Å². The van der Waals surface area contributed by atoms with Gasteiger partial charge in [-0.15, -0.1) is 0 Å². The summed E-state index contributed by atoms with van der Waals surface area (Å²) in [5.74, 6) is 0.168. The Morgan fingerprint density at radius 1 is 1.53 bits per heavy atom. The molecule has 1 atom stereocenters. The summed E-state index contributed by atoms with van der Waals surface area (Å²) in [7, 11) is 3.61. The van der Waals surface area contributed by atoms with E-state index in [9.17, 15) is 4.79 Å². The number of ether oxygens (including phenoxy) is 1. The molecule has 0 bridgehead atoms. The maximum absolute atomic E-state index is 12.0. The molecule has 5 heteroatoms. The molecule has 0 aromatic rings. The number of piperazine rings is 1. The minimum atomic E-state index is -0.0467. The normalized spacial score (nSPS) is 21.8. The third-order valence-corrected chi connectivity index (χ3v) is 2.91. The van der Waals surface area contributed by atoms with Crippen molar-refractivity contribution >= 4 is 5.91 Å².